The highest BCUT2D eigenvalue weighted by molar-refractivity contribution is 5.97. The first-order valence-corrected chi connectivity index (χ1v) is 15.3. The maximum Gasteiger partial charge on any atom is 0.339 e. The highest BCUT2D eigenvalue weighted by Crippen LogP contribution is 2.28. The summed E-state index contributed by atoms with van der Waals surface area (Å²) in [6, 6.07) is 21.4. The van der Waals surface area contributed by atoms with Crippen molar-refractivity contribution in [2.24, 2.45) is 0 Å². The topological polar surface area (TPSA) is 94.5 Å². The number of anilines is 1. The molecular weight excluding hydrogens is 540 g/mol. The van der Waals surface area contributed by atoms with Crippen LogP contribution < -0.4 is 10.6 Å². The number of hydrogen-bond acceptors (Lipinski definition) is 5. The lowest BCUT2D eigenvalue weighted by Crippen LogP contribution is -2.41. The standard InChI is InChI=1S/C35H42N4O4/c1-5-6-13-31-37-29-20-19-26(36-34(41)38-32-14-9-10-21-42-32)22-30(29)39(31)23-24-15-17-25(18-16-24)27-11-7-8-12-28(27)33(40)43-35(2,3)4/h7-8,11-12,15-20,22,32H,5-6,9-10,13-14,21,23H2,1-4H3,(H2,36,38,41). The first-order valence-electron chi connectivity index (χ1n) is 15.3. The Morgan fingerprint density at radius 3 is 2.56 bits per heavy atom. The number of nitrogens with zero attached hydrogens (tertiary/aromatic N) is 2. The summed E-state index contributed by atoms with van der Waals surface area (Å²) in [6.45, 7) is 9.10. The van der Waals surface area contributed by atoms with Crippen molar-refractivity contribution in [2.75, 3.05) is 11.9 Å². The van der Waals surface area contributed by atoms with Gasteiger partial charge in [-0.15, -0.1) is 0 Å². The molecule has 0 saturated carbocycles. The van der Waals surface area contributed by atoms with Gasteiger partial charge in [0.2, 0.25) is 0 Å². The van der Waals surface area contributed by atoms with Crippen LogP contribution in [0.5, 0.6) is 0 Å². The summed E-state index contributed by atoms with van der Waals surface area (Å²) < 4.78 is 13.5. The van der Waals surface area contributed by atoms with Crippen molar-refractivity contribution in [2.45, 2.75) is 84.6 Å². The number of carbonyl (C=O) groups is 2. The monoisotopic (exact) mass is 582 g/mol. The van der Waals surface area contributed by atoms with Crippen molar-refractivity contribution in [3.8, 4) is 11.1 Å². The number of hydrogen-bond donors (Lipinski definition) is 2. The van der Waals surface area contributed by atoms with Gasteiger partial charge in [0.05, 0.1) is 16.6 Å². The van der Waals surface area contributed by atoms with Gasteiger partial charge in [-0.1, -0.05) is 55.8 Å². The van der Waals surface area contributed by atoms with Gasteiger partial charge in [-0.2, -0.15) is 0 Å². The van der Waals surface area contributed by atoms with Crippen molar-refractivity contribution in [1.29, 1.82) is 0 Å². The van der Waals surface area contributed by atoms with E-state index in [4.69, 9.17) is 14.5 Å². The fourth-order valence-electron chi connectivity index (χ4n) is 5.34. The molecule has 226 valence electrons. The molecule has 0 aliphatic carbocycles. The molecule has 2 N–H and O–H groups in total. The summed E-state index contributed by atoms with van der Waals surface area (Å²) >= 11 is 0. The predicted molar refractivity (Wildman–Crippen MR) is 170 cm³/mol. The Hall–Kier alpha value is -4.17. The minimum atomic E-state index is -0.569. The Morgan fingerprint density at radius 1 is 1.05 bits per heavy atom. The lowest BCUT2D eigenvalue weighted by Gasteiger charge is -2.23. The summed E-state index contributed by atoms with van der Waals surface area (Å²) in [7, 11) is 0. The number of imidazole rings is 1. The molecule has 1 atom stereocenters. The lowest BCUT2D eigenvalue weighted by atomic mass is 9.98. The van der Waals surface area contributed by atoms with E-state index in [-0.39, 0.29) is 18.2 Å². The van der Waals surface area contributed by atoms with Crippen LogP contribution in [0.2, 0.25) is 0 Å². The summed E-state index contributed by atoms with van der Waals surface area (Å²) in [4.78, 5) is 30.5. The number of benzene rings is 3. The summed E-state index contributed by atoms with van der Waals surface area (Å²) in [5.41, 5.74) is 5.46. The van der Waals surface area contributed by atoms with Gasteiger partial charge in [-0.25, -0.2) is 14.6 Å². The van der Waals surface area contributed by atoms with E-state index in [0.717, 1.165) is 72.1 Å². The third kappa shape index (κ3) is 7.82. The van der Waals surface area contributed by atoms with Crippen molar-refractivity contribution >= 4 is 28.7 Å². The first kappa shape index (κ1) is 30.3. The molecule has 2 heterocycles. The van der Waals surface area contributed by atoms with Crippen LogP contribution in [-0.2, 0) is 22.4 Å². The van der Waals surface area contributed by atoms with Crippen LogP contribution in [0.3, 0.4) is 0 Å². The molecule has 5 rings (SSSR count). The molecule has 1 fully saturated rings. The second-order valence-electron chi connectivity index (χ2n) is 12.1. The Bertz CT molecular complexity index is 1560. The van der Waals surface area contributed by atoms with Gasteiger partial charge in [0, 0.05) is 25.3 Å². The molecule has 2 amide bonds. The second-order valence-corrected chi connectivity index (χ2v) is 12.1. The molecule has 1 unspecified atom stereocenters. The highest BCUT2D eigenvalue weighted by atomic mass is 16.6. The number of amides is 2. The van der Waals surface area contributed by atoms with E-state index in [1.165, 1.54) is 0 Å². The van der Waals surface area contributed by atoms with E-state index in [1.807, 2.05) is 75.4 Å². The molecule has 8 nitrogen and oxygen atoms in total. The average molecular weight is 583 g/mol. The van der Waals surface area contributed by atoms with E-state index in [0.29, 0.717) is 24.4 Å². The van der Waals surface area contributed by atoms with Crippen molar-refractivity contribution in [3.05, 3.63) is 83.7 Å². The summed E-state index contributed by atoms with van der Waals surface area (Å²) in [6.07, 6.45) is 5.64. The molecule has 4 aromatic rings. The number of urea groups is 1. The van der Waals surface area contributed by atoms with Crippen molar-refractivity contribution in [1.82, 2.24) is 14.9 Å². The van der Waals surface area contributed by atoms with Gasteiger partial charge >= 0.3 is 12.0 Å². The third-order valence-corrected chi connectivity index (χ3v) is 7.46. The van der Waals surface area contributed by atoms with Gasteiger partial charge in [-0.05, 0) is 87.4 Å². The van der Waals surface area contributed by atoms with Gasteiger partial charge < -0.3 is 24.7 Å². The number of ether oxygens (including phenoxy) is 2. The Morgan fingerprint density at radius 2 is 1.84 bits per heavy atom. The zero-order valence-corrected chi connectivity index (χ0v) is 25.6. The van der Waals surface area contributed by atoms with Crippen molar-refractivity contribution in [3.63, 3.8) is 0 Å². The predicted octanol–water partition coefficient (Wildman–Crippen LogP) is 7.70. The van der Waals surface area contributed by atoms with E-state index in [9.17, 15) is 9.59 Å². The number of unbranched alkanes of at least 4 members (excludes halogenated alkanes) is 1. The molecule has 0 spiro atoms. The molecular formula is C35H42N4O4. The average Bonchev–Trinajstić information content (AvgIpc) is 3.32. The van der Waals surface area contributed by atoms with Crippen LogP contribution in [0.1, 0.15) is 81.5 Å². The highest BCUT2D eigenvalue weighted by Gasteiger charge is 2.21. The number of carbonyl (C=O) groups excluding carboxylic acids is 2. The van der Waals surface area contributed by atoms with Gasteiger partial charge in [0.1, 0.15) is 17.7 Å². The molecule has 1 aliphatic rings. The zero-order valence-electron chi connectivity index (χ0n) is 25.6. The van der Waals surface area contributed by atoms with Gasteiger partial charge in [0.25, 0.3) is 0 Å². The molecule has 43 heavy (non-hydrogen) atoms. The number of fused-ring (bicyclic) bond motifs is 1. The Balaban J connectivity index is 1.38. The normalized spacial score (nSPS) is 15.3. The van der Waals surface area contributed by atoms with Crippen LogP contribution in [0.15, 0.2) is 66.7 Å². The van der Waals surface area contributed by atoms with Crippen LogP contribution in [0, 0.1) is 0 Å². The number of rotatable bonds is 9. The van der Waals surface area contributed by atoms with Gasteiger partial charge in [-0.3, -0.25) is 0 Å². The van der Waals surface area contributed by atoms with Crippen LogP contribution >= 0.6 is 0 Å². The number of esters is 1. The molecule has 0 radical (unpaired) electrons. The SMILES string of the molecule is CCCCc1nc2ccc(NC(=O)NC3CCCCO3)cc2n1Cc1ccc(-c2ccccc2C(=O)OC(C)(C)C)cc1. The smallest absolute Gasteiger partial charge is 0.339 e. The van der Waals surface area contributed by atoms with Crippen LogP contribution in [0.25, 0.3) is 22.2 Å². The van der Waals surface area contributed by atoms with Crippen LogP contribution in [-0.4, -0.2) is 40.0 Å². The first-order chi connectivity index (χ1) is 20.7. The van der Waals surface area contributed by atoms with E-state index in [1.54, 1.807) is 0 Å². The van der Waals surface area contributed by atoms with Crippen molar-refractivity contribution < 1.29 is 19.1 Å². The Kier molecular flexibility index (Phi) is 9.46. The number of nitrogens with one attached hydrogen (secondary N) is 2. The fourth-order valence-corrected chi connectivity index (χ4v) is 5.34. The maximum absolute atomic E-state index is 12.9. The number of aromatic nitrogens is 2. The Labute approximate surface area is 253 Å². The van der Waals surface area contributed by atoms with E-state index in [2.05, 4.69) is 34.3 Å². The van der Waals surface area contributed by atoms with Gasteiger partial charge in [0.15, 0.2) is 0 Å². The molecule has 1 aromatic heterocycles. The fraction of sp³-hybridized carbons (Fsp3) is 0.400. The lowest BCUT2D eigenvalue weighted by molar-refractivity contribution is 0.00334. The molecule has 3 aromatic carbocycles. The van der Waals surface area contributed by atoms with Crippen LogP contribution in [0.4, 0.5) is 10.5 Å². The maximum atomic E-state index is 12.9. The summed E-state index contributed by atoms with van der Waals surface area (Å²) in [5.74, 6) is 0.690. The molecule has 1 saturated heterocycles. The van der Waals surface area contributed by atoms with E-state index >= 15 is 0 Å². The minimum Gasteiger partial charge on any atom is -0.456 e. The quantitative estimate of drug-likeness (QED) is 0.197. The molecule has 1 aliphatic heterocycles. The molecule has 0 bridgehead atoms. The zero-order chi connectivity index (χ0) is 30.4. The van der Waals surface area contributed by atoms with E-state index < -0.39 is 5.60 Å². The molecule has 8 heteroatoms. The summed E-state index contributed by atoms with van der Waals surface area (Å²) in [5, 5.41) is 5.89. The number of aryl methyl sites for hydroxylation is 1. The third-order valence-electron chi connectivity index (χ3n) is 7.46. The second kappa shape index (κ2) is 13.4. The largest absolute Gasteiger partial charge is 0.456 e. The minimum absolute atomic E-state index is 0.247.